The number of ether oxygens (including phenoxy) is 1. The number of aromatic nitrogens is 4. The molecule has 0 amide bonds. The van der Waals surface area contributed by atoms with Gasteiger partial charge in [0.2, 0.25) is 0 Å². The molecule has 164 valence electrons. The normalized spacial score (nSPS) is 22.5. The Morgan fingerprint density at radius 2 is 2.13 bits per heavy atom. The molecule has 2 aromatic rings. The van der Waals surface area contributed by atoms with Crippen molar-refractivity contribution in [1.82, 2.24) is 19.5 Å². The van der Waals surface area contributed by atoms with Crippen molar-refractivity contribution in [2.75, 3.05) is 24.7 Å². The third-order valence-corrected chi connectivity index (χ3v) is 6.60. The molecular weight excluding hydrogens is 429 g/mol. The first-order chi connectivity index (χ1) is 14.2. The molecule has 0 bridgehead atoms. The van der Waals surface area contributed by atoms with Gasteiger partial charge >= 0.3 is 8.25 Å². The van der Waals surface area contributed by atoms with Gasteiger partial charge in [-0.15, -0.1) is 9.05 Å². The first kappa shape index (κ1) is 23.0. The van der Waals surface area contributed by atoms with Crippen molar-refractivity contribution in [2.45, 2.75) is 46.4 Å². The summed E-state index contributed by atoms with van der Waals surface area (Å²) in [5.74, 6) is 0.921. The second-order valence-corrected chi connectivity index (χ2v) is 10.2. The fourth-order valence-electron chi connectivity index (χ4n) is 3.07. The van der Waals surface area contributed by atoms with Crippen LogP contribution in [0.4, 0.5) is 5.82 Å². The van der Waals surface area contributed by atoms with Crippen LogP contribution in [0.5, 0.6) is 0 Å². The minimum Gasteiger partial charge on any atom is -0.382 e. The summed E-state index contributed by atoms with van der Waals surface area (Å²) in [5.41, 5.74) is 6.58. The van der Waals surface area contributed by atoms with Crippen molar-refractivity contribution in [1.29, 1.82) is 0 Å². The van der Waals surface area contributed by atoms with E-state index in [0.29, 0.717) is 22.7 Å². The van der Waals surface area contributed by atoms with E-state index in [0.717, 1.165) is 6.42 Å². The van der Waals surface area contributed by atoms with E-state index in [1.807, 2.05) is 25.3 Å². The Labute approximate surface area is 180 Å². The van der Waals surface area contributed by atoms with Gasteiger partial charge < -0.3 is 10.5 Å². The van der Waals surface area contributed by atoms with Crippen molar-refractivity contribution in [2.24, 2.45) is 11.3 Å². The van der Waals surface area contributed by atoms with Gasteiger partial charge in [-0.05, 0) is 6.42 Å². The van der Waals surface area contributed by atoms with Crippen LogP contribution in [0.2, 0.25) is 0 Å². The van der Waals surface area contributed by atoms with Gasteiger partial charge in [0.05, 0.1) is 12.4 Å². The number of nitrogen functional groups attached to an aromatic ring is 1. The smallest absolute Gasteiger partial charge is 0.382 e. The Morgan fingerprint density at radius 1 is 1.37 bits per heavy atom. The Hall–Kier alpha value is -1.65. The summed E-state index contributed by atoms with van der Waals surface area (Å²) in [5, 5.41) is 0.0701. The summed E-state index contributed by atoms with van der Waals surface area (Å²) in [4.78, 5) is 24.3. The molecule has 1 fully saturated rings. The Kier molecular flexibility index (Phi) is 7.41. The number of hydrogen-bond donors (Lipinski definition) is 1. The summed E-state index contributed by atoms with van der Waals surface area (Å²) in [6.07, 6.45) is 3.24. The molecule has 1 unspecified atom stereocenters. The standard InChI is InChI=1S/C18H27N5O5PS/c1-11-7-12(8-27-29(25)26-5-6-30-17(24)18(2,3)4)28-16(11)23-10-22-13-14(19)20-9-21-15(13)23/h9-12,16H,5-8H2,1-4H3,(H2,19,20,21)/q+1/t11-,12-,16+/m0/s1. The van der Waals surface area contributed by atoms with Crippen LogP contribution in [0.1, 0.15) is 40.3 Å². The Morgan fingerprint density at radius 3 is 2.87 bits per heavy atom. The predicted octanol–water partition coefficient (Wildman–Crippen LogP) is 3.33. The lowest BCUT2D eigenvalue weighted by atomic mass is 10.00. The highest BCUT2D eigenvalue weighted by atomic mass is 32.2. The molecule has 0 aliphatic carbocycles. The first-order valence-electron chi connectivity index (χ1n) is 9.65. The molecule has 3 heterocycles. The van der Waals surface area contributed by atoms with Gasteiger partial charge in [0, 0.05) is 21.7 Å². The van der Waals surface area contributed by atoms with Crippen LogP contribution in [0.15, 0.2) is 12.7 Å². The highest BCUT2D eigenvalue weighted by Gasteiger charge is 2.37. The average molecular weight is 456 g/mol. The maximum atomic E-state index is 12.0. The Bertz CT molecular complexity index is 918. The van der Waals surface area contributed by atoms with Crippen LogP contribution < -0.4 is 5.73 Å². The van der Waals surface area contributed by atoms with Crippen LogP contribution in [0, 0.1) is 11.3 Å². The number of hydrogen-bond acceptors (Lipinski definition) is 10. The number of carbonyl (C=O) groups excluding carboxylic acids is 1. The zero-order chi connectivity index (χ0) is 21.9. The third-order valence-electron chi connectivity index (χ3n) is 4.61. The zero-order valence-electron chi connectivity index (χ0n) is 17.5. The summed E-state index contributed by atoms with van der Waals surface area (Å²) in [6, 6.07) is 0. The lowest BCUT2D eigenvalue weighted by molar-refractivity contribution is -0.117. The van der Waals surface area contributed by atoms with Crippen LogP contribution >= 0.6 is 20.0 Å². The van der Waals surface area contributed by atoms with Crippen LogP contribution in [-0.4, -0.2) is 49.7 Å². The average Bonchev–Trinajstić information content (AvgIpc) is 3.26. The number of imidazole rings is 1. The fourth-order valence-corrected chi connectivity index (χ4v) is 4.58. The van der Waals surface area contributed by atoms with Crippen molar-refractivity contribution in [3.63, 3.8) is 0 Å². The number of nitrogens with two attached hydrogens (primary N) is 1. The largest absolute Gasteiger partial charge is 0.697 e. The van der Waals surface area contributed by atoms with Crippen molar-refractivity contribution < 1.29 is 23.1 Å². The predicted molar refractivity (Wildman–Crippen MR) is 114 cm³/mol. The lowest BCUT2D eigenvalue weighted by Gasteiger charge is -2.17. The number of thioether (sulfide) groups is 1. The van der Waals surface area contributed by atoms with Gasteiger partial charge in [-0.25, -0.2) is 15.0 Å². The SMILES string of the molecule is C[C@H]1C[C@@H](CO[P+](=O)OCCSC(=O)C(C)(C)C)O[C@H]1n1cnc2c(N)ncnc21. The second-order valence-electron chi connectivity index (χ2n) is 8.18. The number of fused-ring (bicyclic) bond motifs is 1. The molecule has 10 nitrogen and oxygen atoms in total. The minimum atomic E-state index is -2.27. The summed E-state index contributed by atoms with van der Waals surface area (Å²) in [7, 11) is -2.27. The van der Waals surface area contributed by atoms with Gasteiger partial charge in [0.25, 0.3) is 0 Å². The van der Waals surface area contributed by atoms with Crippen LogP contribution in [0.3, 0.4) is 0 Å². The van der Waals surface area contributed by atoms with E-state index in [9.17, 15) is 9.36 Å². The van der Waals surface area contributed by atoms with E-state index in [1.54, 1.807) is 6.33 Å². The number of rotatable bonds is 8. The molecule has 4 atom stereocenters. The van der Waals surface area contributed by atoms with Gasteiger partial charge in [-0.1, -0.05) is 39.5 Å². The second kappa shape index (κ2) is 9.65. The number of carbonyl (C=O) groups is 1. The summed E-state index contributed by atoms with van der Waals surface area (Å²) in [6.45, 7) is 7.95. The molecule has 1 aliphatic heterocycles. The van der Waals surface area contributed by atoms with Gasteiger partial charge in [0.1, 0.15) is 31.3 Å². The topological polar surface area (TPSA) is 131 Å². The molecule has 2 aromatic heterocycles. The molecule has 12 heteroatoms. The van der Waals surface area contributed by atoms with E-state index in [-0.39, 0.29) is 36.6 Å². The van der Waals surface area contributed by atoms with E-state index < -0.39 is 13.7 Å². The molecule has 0 aromatic carbocycles. The van der Waals surface area contributed by atoms with Gasteiger partial charge in [0.15, 0.2) is 16.6 Å². The molecule has 1 aliphatic rings. The van der Waals surface area contributed by atoms with E-state index in [2.05, 4.69) is 21.9 Å². The molecule has 30 heavy (non-hydrogen) atoms. The van der Waals surface area contributed by atoms with Crippen LogP contribution in [0.25, 0.3) is 11.2 Å². The zero-order valence-corrected chi connectivity index (χ0v) is 19.2. The number of anilines is 1. The van der Waals surface area contributed by atoms with Gasteiger partial charge in [-0.2, -0.15) is 0 Å². The maximum absolute atomic E-state index is 12.0. The number of nitrogens with zero attached hydrogens (tertiary/aromatic N) is 4. The Balaban J connectivity index is 1.44. The molecule has 0 saturated carbocycles. The van der Waals surface area contributed by atoms with Crippen molar-refractivity contribution >= 4 is 42.1 Å². The molecule has 2 N–H and O–H groups in total. The summed E-state index contributed by atoms with van der Waals surface area (Å²) >= 11 is 1.17. The molecule has 3 rings (SSSR count). The van der Waals surface area contributed by atoms with E-state index >= 15 is 0 Å². The quantitative estimate of drug-likeness (QED) is 0.466. The lowest BCUT2D eigenvalue weighted by Crippen LogP contribution is -2.17. The first-order valence-corrected chi connectivity index (χ1v) is 11.7. The van der Waals surface area contributed by atoms with Crippen LogP contribution in [-0.2, 0) is 23.1 Å². The monoisotopic (exact) mass is 456 g/mol. The van der Waals surface area contributed by atoms with Crippen molar-refractivity contribution in [3.8, 4) is 0 Å². The van der Waals surface area contributed by atoms with E-state index in [1.165, 1.54) is 18.1 Å². The highest BCUT2D eigenvalue weighted by molar-refractivity contribution is 8.13. The molecule has 0 spiro atoms. The minimum absolute atomic E-state index is 0.0701. The molecule has 0 radical (unpaired) electrons. The van der Waals surface area contributed by atoms with E-state index in [4.69, 9.17) is 19.5 Å². The fraction of sp³-hybridized carbons (Fsp3) is 0.667. The maximum Gasteiger partial charge on any atom is 0.697 e. The molecule has 1 saturated heterocycles. The van der Waals surface area contributed by atoms with Crippen molar-refractivity contribution in [3.05, 3.63) is 12.7 Å². The van der Waals surface area contributed by atoms with Gasteiger partial charge in [-0.3, -0.25) is 9.36 Å². The summed E-state index contributed by atoms with van der Waals surface area (Å²) < 4.78 is 30.4. The molecular formula is C18H27N5O5PS+. The third kappa shape index (κ3) is 5.53. The highest BCUT2D eigenvalue weighted by Crippen LogP contribution is 2.37.